The molecule has 7 heteroatoms. The van der Waals surface area contributed by atoms with Gasteiger partial charge in [-0.3, -0.25) is 4.99 Å². The topological polar surface area (TPSA) is 55.4 Å². The van der Waals surface area contributed by atoms with Crippen LogP contribution in [-0.2, 0) is 12.7 Å². The third kappa shape index (κ3) is 4.27. The second kappa shape index (κ2) is 8.34. The molecule has 4 rings (SSSR count). The van der Waals surface area contributed by atoms with E-state index in [9.17, 15) is 13.2 Å². The fraction of sp³-hybridized carbons (Fsp3) is 0.120. The number of pyridine rings is 1. The van der Waals surface area contributed by atoms with E-state index in [-0.39, 0.29) is 12.2 Å². The van der Waals surface area contributed by atoms with E-state index in [4.69, 9.17) is 10.2 Å². The number of nitrogen functional groups attached to an aromatic ring is 1. The zero-order valence-corrected chi connectivity index (χ0v) is 17.4. The van der Waals surface area contributed by atoms with Gasteiger partial charge in [-0.1, -0.05) is 30.3 Å². The van der Waals surface area contributed by atoms with Crippen LogP contribution in [0.1, 0.15) is 23.8 Å². The van der Waals surface area contributed by atoms with Gasteiger partial charge in [-0.25, -0.2) is 0 Å². The number of fused-ring (bicyclic) bond motifs is 1. The Morgan fingerprint density at radius 3 is 2.66 bits per heavy atom. The van der Waals surface area contributed by atoms with Crippen LogP contribution in [0.3, 0.4) is 0 Å². The molecule has 4 nitrogen and oxygen atoms in total. The molecule has 0 spiro atoms. The molecule has 0 saturated heterocycles. The van der Waals surface area contributed by atoms with Gasteiger partial charge in [0.25, 0.3) is 0 Å². The second-order valence-corrected chi connectivity index (χ2v) is 7.49. The Hall–Kier alpha value is -3.87. The molecule has 2 aromatic carbocycles. The van der Waals surface area contributed by atoms with Crippen LogP contribution >= 0.6 is 0 Å². The number of halogens is 3. The number of nitrogens with zero attached hydrogens (tertiary/aromatic N) is 2. The first-order valence-corrected chi connectivity index (χ1v) is 9.87. The van der Waals surface area contributed by atoms with Crippen LogP contribution in [0.4, 0.5) is 18.9 Å². The Morgan fingerprint density at radius 2 is 1.94 bits per heavy atom. The van der Waals surface area contributed by atoms with Gasteiger partial charge in [-0.05, 0) is 42.6 Å². The Labute approximate surface area is 182 Å². The molecule has 0 unspecified atom stereocenters. The first-order chi connectivity index (χ1) is 15.3. The standard InChI is InChI=1S/C25H20F3N3O/c1-16(24-12-18-5-3-4-6-23(18)32-24)20-11-17(7-8-19(20)13-30-2)14-31-10-9-22(29)21(15-31)25(26,27)28/h3-13,15,29H,2,14H2,1H3/p+1/b19-13-,20-16+. The summed E-state index contributed by atoms with van der Waals surface area (Å²) in [6.45, 7) is 5.72. The van der Waals surface area contributed by atoms with Crippen LogP contribution in [0.25, 0.3) is 22.7 Å². The molecule has 0 aliphatic heterocycles. The van der Waals surface area contributed by atoms with Gasteiger partial charge in [0.1, 0.15) is 16.9 Å². The van der Waals surface area contributed by atoms with E-state index >= 15 is 0 Å². The lowest BCUT2D eigenvalue weighted by atomic mass is 10.1. The molecule has 0 atom stereocenters. The summed E-state index contributed by atoms with van der Waals surface area (Å²) in [6.07, 6.45) is -0.316. The molecule has 0 radical (unpaired) electrons. The Bertz CT molecular complexity index is 1400. The van der Waals surface area contributed by atoms with Crippen molar-refractivity contribution in [3.8, 4) is 0 Å². The van der Waals surface area contributed by atoms with E-state index in [1.807, 2.05) is 55.5 Å². The fourth-order valence-electron chi connectivity index (χ4n) is 3.63. The number of aliphatic imine (C=N–C) groups is 1. The largest absolute Gasteiger partial charge is 0.456 e. The number of hydrogen-bond donors (Lipinski definition) is 1. The Balaban J connectivity index is 1.82. The highest BCUT2D eigenvalue weighted by Gasteiger charge is 2.35. The molecule has 0 aliphatic carbocycles. The number of anilines is 1. The number of nitrogens with two attached hydrogens (primary N) is 1. The van der Waals surface area contributed by atoms with Crippen molar-refractivity contribution in [2.75, 3.05) is 5.73 Å². The van der Waals surface area contributed by atoms with Crippen LogP contribution in [0.15, 0.2) is 76.4 Å². The Morgan fingerprint density at radius 1 is 1.16 bits per heavy atom. The zero-order valence-electron chi connectivity index (χ0n) is 17.4. The van der Waals surface area contributed by atoms with Crippen molar-refractivity contribution in [3.63, 3.8) is 0 Å². The fourth-order valence-corrected chi connectivity index (χ4v) is 3.63. The van der Waals surface area contributed by atoms with E-state index in [1.54, 1.807) is 6.20 Å². The van der Waals surface area contributed by atoms with Gasteiger partial charge in [0.05, 0.1) is 5.69 Å². The van der Waals surface area contributed by atoms with E-state index < -0.39 is 11.7 Å². The number of para-hydroxylation sites is 1. The van der Waals surface area contributed by atoms with Crippen molar-refractivity contribution >= 4 is 35.1 Å². The quantitative estimate of drug-likeness (QED) is 0.388. The van der Waals surface area contributed by atoms with Gasteiger partial charge in [0, 0.05) is 28.4 Å². The van der Waals surface area contributed by atoms with Crippen molar-refractivity contribution in [2.24, 2.45) is 4.99 Å². The van der Waals surface area contributed by atoms with Crippen molar-refractivity contribution < 1.29 is 22.2 Å². The average Bonchev–Trinajstić information content (AvgIpc) is 3.19. The summed E-state index contributed by atoms with van der Waals surface area (Å²) < 4.78 is 47.1. The van der Waals surface area contributed by atoms with Crippen LogP contribution in [0, 0.1) is 0 Å². The summed E-state index contributed by atoms with van der Waals surface area (Å²) in [7, 11) is 0. The maximum absolute atomic E-state index is 13.2. The summed E-state index contributed by atoms with van der Waals surface area (Å²) in [5.74, 6) is 0.710. The van der Waals surface area contributed by atoms with Crippen LogP contribution in [0.5, 0.6) is 0 Å². The molecular weight excluding hydrogens is 415 g/mol. The van der Waals surface area contributed by atoms with Crippen LogP contribution < -0.4 is 20.7 Å². The lowest BCUT2D eigenvalue weighted by molar-refractivity contribution is -0.689. The monoisotopic (exact) mass is 436 g/mol. The van der Waals surface area contributed by atoms with E-state index in [0.717, 1.165) is 38.7 Å². The first-order valence-electron chi connectivity index (χ1n) is 9.87. The SMILES string of the molecule is C=N/C=c1/ccc(C[n+]2ccc(N)c(C(F)(F)F)c2)c/c1=C(/C)c1cc2ccccc2o1. The molecule has 2 aromatic heterocycles. The summed E-state index contributed by atoms with van der Waals surface area (Å²) in [5.41, 5.74) is 6.84. The summed E-state index contributed by atoms with van der Waals surface area (Å²) in [4.78, 5) is 3.88. The van der Waals surface area contributed by atoms with Gasteiger partial charge >= 0.3 is 6.18 Å². The number of furan rings is 1. The van der Waals surface area contributed by atoms with E-state index in [2.05, 4.69) is 11.7 Å². The third-order valence-corrected chi connectivity index (χ3v) is 5.27. The number of hydrogen-bond acceptors (Lipinski definition) is 3. The molecule has 0 amide bonds. The molecule has 162 valence electrons. The number of benzene rings is 2. The molecule has 4 aromatic rings. The molecule has 0 fully saturated rings. The lowest BCUT2D eigenvalue weighted by Crippen LogP contribution is -2.37. The molecule has 2 heterocycles. The van der Waals surface area contributed by atoms with E-state index in [1.165, 1.54) is 16.8 Å². The molecular formula is C25H21F3N3O+. The van der Waals surface area contributed by atoms with Gasteiger partial charge in [0.15, 0.2) is 18.9 Å². The summed E-state index contributed by atoms with van der Waals surface area (Å²) in [5, 5.41) is 2.68. The molecule has 32 heavy (non-hydrogen) atoms. The van der Waals surface area contributed by atoms with Crippen molar-refractivity contribution in [1.29, 1.82) is 0 Å². The number of aromatic nitrogens is 1. The van der Waals surface area contributed by atoms with Gasteiger partial charge in [-0.2, -0.15) is 17.7 Å². The highest BCUT2D eigenvalue weighted by molar-refractivity contribution is 5.81. The third-order valence-electron chi connectivity index (χ3n) is 5.27. The van der Waals surface area contributed by atoms with Gasteiger partial charge in [-0.15, -0.1) is 0 Å². The molecule has 0 saturated carbocycles. The molecule has 0 aliphatic rings. The van der Waals surface area contributed by atoms with Gasteiger partial charge < -0.3 is 10.2 Å². The second-order valence-electron chi connectivity index (χ2n) is 7.49. The van der Waals surface area contributed by atoms with Crippen molar-refractivity contribution in [2.45, 2.75) is 19.6 Å². The lowest BCUT2D eigenvalue weighted by Gasteiger charge is -2.08. The molecule has 0 bridgehead atoms. The minimum absolute atomic E-state index is 0.242. The highest BCUT2D eigenvalue weighted by Crippen LogP contribution is 2.32. The number of alkyl halides is 3. The van der Waals surface area contributed by atoms with Crippen LogP contribution in [0.2, 0.25) is 0 Å². The Kier molecular flexibility index (Phi) is 5.57. The first kappa shape index (κ1) is 21.4. The summed E-state index contributed by atoms with van der Waals surface area (Å²) in [6, 6.07) is 16.6. The van der Waals surface area contributed by atoms with Crippen molar-refractivity contribution in [1.82, 2.24) is 0 Å². The predicted octanol–water partition coefficient (Wildman–Crippen LogP) is 4.03. The van der Waals surface area contributed by atoms with Crippen molar-refractivity contribution in [3.05, 3.63) is 94.3 Å². The minimum atomic E-state index is -4.52. The minimum Gasteiger partial charge on any atom is -0.456 e. The normalized spacial score (nSPS) is 13.4. The number of rotatable bonds is 4. The van der Waals surface area contributed by atoms with Gasteiger partial charge in [0.2, 0.25) is 0 Å². The maximum atomic E-state index is 13.2. The maximum Gasteiger partial charge on any atom is 0.424 e. The zero-order chi connectivity index (χ0) is 22.9. The van der Waals surface area contributed by atoms with Crippen LogP contribution in [-0.4, -0.2) is 6.72 Å². The summed E-state index contributed by atoms with van der Waals surface area (Å²) >= 11 is 0. The average molecular weight is 436 g/mol. The highest BCUT2D eigenvalue weighted by atomic mass is 19.4. The predicted molar refractivity (Wildman–Crippen MR) is 119 cm³/mol. The van der Waals surface area contributed by atoms with E-state index in [0.29, 0.717) is 5.76 Å². The smallest absolute Gasteiger partial charge is 0.424 e. The molecule has 2 N–H and O–H groups in total.